The van der Waals surface area contributed by atoms with Gasteiger partial charge in [-0.05, 0) is 28.7 Å². The van der Waals surface area contributed by atoms with Crippen molar-refractivity contribution < 1.29 is 19.6 Å². The molecule has 0 aliphatic rings. The van der Waals surface area contributed by atoms with Crippen molar-refractivity contribution in [2.75, 3.05) is 0 Å². The second-order valence-corrected chi connectivity index (χ2v) is 7.25. The number of hydrogen-bond donors (Lipinski definition) is 4. The van der Waals surface area contributed by atoms with Gasteiger partial charge in [-0.15, -0.1) is 0 Å². The number of nitrogens with one attached hydrogen (secondary N) is 2. The lowest BCUT2D eigenvalue weighted by Crippen LogP contribution is -2.54. The first-order chi connectivity index (χ1) is 12.8. The molecule has 0 bridgehead atoms. The summed E-state index contributed by atoms with van der Waals surface area (Å²) in [4.78, 5) is 24.4. The van der Waals surface area contributed by atoms with Crippen LogP contribution in [0, 0.1) is 5.92 Å². The molecule has 0 spiro atoms. The lowest BCUT2D eigenvalue weighted by atomic mass is 9.75. The molecule has 2 amide bonds. The number of rotatable bonds is 8. The van der Waals surface area contributed by atoms with E-state index in [1.807, 2.05) is 56.3 Å². The zero-order valence-electron chi connectivity index (χ0n) is 16.0. The highest BCUT2D eigenvalue weighted by atomic mass is 16.4. The van der Waals surface area contributed by atoms with Gasteiger partial charge < -0.3 is 20.7 Å². The van der Waals surface area contributed by atoms with E-state index in [4.69, 9.17) is 0 Å². The third-order valence-corrected chi connectivity index (χ3v) is 4.41. The Labute approximate surface area is 160 Å². The van der Waals surface area contributed by atoms with E-state index in [1.54, 1.807) is 0 Å². The normalized spacial score (nSPS) is 13.3. The molecule has 0 heterocycles. The average molecular weight is 370 g/mol. The largest absolute Gasteiger partial charge is 0.475 e. The highest BCUT2D eigenvalue weighted by Gasteiger charge is 2.29. The van der Waals surface area contributed by atoms with Crippen LogP contribution in [0.1, 0.15) is 32.8 Å². The molecule has 0 unspecified atom stereocenters. The van der Waals surface area contributed by atoms with Crippen molar-refractivity contribution in [1.29, 1.82) is 0 Å². The van der Waals surface area contributed by atoms with Crippen LogP contribution in [0.5, 0.6) is 0 Å². The van der Waals surface area contributed by atoms with E-state index < -0.39 is 25.0 Å². The van der Waals surface area contributed by atoms with E-state index >= 15 is 0 Å². The van der Waals surface area contributed by atoms with E-state index in [1.165, 1.54) is 6.92 Å². The molecule has 27 heavy (non-hydrogen) atoms. The number of benzene rings is 2. The molecule has 0 fully saturated rings. The molecule has 0 aliphatic heterocycles. The average Bonchev–Trinajstić information content (AvgIpc) is 2.60. The van der Waals surface area contributed by atoms with E-state index in [-0.39, 0.29) is 11.8 Å². The van der Waals surface area contributed by atoms with Crippen LogP contribution < -0.4 is 10.6 Å². The van der Waals surface area contributed by atoms with Gasteiger partial charge in [-0.3, -0.25) is 9.59 Å². The molecule has 0 radical (unpaired) electrons. The minimum atomic E-state index is -1.66. The zero-order chi connectivity index (χ0) is 20.0. The highest BCUT2D eigenvalue weighted by molar-refractivity contribution is 6.43. The van der Waals surface area contributed by atoms with Gasteiger partial charge in [0.05, 0.1) is 5.94 Å². The molecule has 6 nitrogen and oxygen atoms in total. The number of hydrogen-bond acceptors (Lipinski definition) is 4. The van der Waals surface area contributed by atoms with Gasteiger partial charge in [0.2, 0.25) is 11.8 Å². The molecule has 0 aromatic heterocycles. The van der Waals surface area contributed by atoms with Crippen molar-refractivity contribution in [1.82, 2.24) is 10.6 Å². The summed E-state index contributed by atoms with van der Waals surface area (Å²) < 4.78 is 0. The third-order valence-electron chi connectivity index (χ3n) is 4.41. The molecule has 2 rings (SSSR count). The van der Waals surface area contributed by atoms with Crippen molar-refractivity contribution in [3.8, 4) is 0 Å². The molecular formula is C20H27BN2O4. The van der Waals surface area contributed by atoms with Gasteiger partial charge in [-0.25, -0.2) is 0 Å². The molecule has 0 saturated heterocycles. The van der Waals surface area contributed by atoms with Crippen molar-refractivity contribution in [3.63, 3.8) is 0 Å². The maximum absolute atomic E-state index is 12.8. The van der Waals surface area contributed by atoms with Gasteiger partial charge in [0.1, 0.15) is 6.04 Å². The van der Waals surface area contributed by atoms with Crippen molar-refractivity contribution >= 4 is 29.7 Å². The summed E-state index contributed by atoms with van der Waals surface area (Å²) in [5, 5.41) is 26.5. The van der Waals surface area contributed by atoms with Crippen LogP contribution in [0.15, 0.2) is 42.5 Å². The van der Waals surface area contributed by atoms with Crippen LogP contribution in [0.25, 0.3) is 10.8 Å². The van der Waals surface area contributed by atoms with Crippen LogP contribution in [0.2, 0.25) is 0 Å². The maximum atomic E-state index is 12.8. The number of carbonyl (C=O) groups excluding carboxylic acids is 2. The zero-order valence-corrected chi connectivity index (χ0v) is 16.0. The van der Waals surface area contributed by atoms with Gasteiger partial charge in [0.15, 0.2) is 0 Å². The number of carbonyl (C=O) groups is 2. The molecule has 0 saturated carbocycles. The Hall–Kier alpha value is -2.38. The first-order valence-corrected chi connectivity index (χ1v) is 9.18. The Morgan fingerprint density at radius 2 is 1.70 bits per heavy atom. The van der Waals surface area contributed by atoms with Crippen LogP contribution in [0.4, 0.5) is 0 Å². The molecule has 2 atom stereocenters. The third kappa shape index (κ3) is 6.08. The van der Waals surface area contributed by atoms with Crippen molar-refractivity contribution in [2.45, 2.75) is 45.6 Å². The molecule has 2 aromatic carbocycles. The maximum Gasteiger partial charge on any atom is 0.475 e. The monoisotopic (exact) mass is 370 g/mol. The van der Waals surface area contributed by atoms with Crippen molar-refractivity contribution in [3.05, 3.63) is 48.0 Å². The molecule has 4 N–H and O–H groups in total. The quantitative estimate of drug-likeness (QED) is 0.529. The van der Waals surface area contributed by atoms with E-state index in [2.05, 4.69) is 10.6 Å². The first kappa shape index (κ1) is 20.9. The van der Waals surface area contributed by atoms with Crippen LogP contribution in [0.3, 0.4) is 0 Å². The van der Waals surface area contributed by atoms with Crippen molar-refractivity contribution in [2.24, 2.45) is 5.92 Å². The number of amides is 2. The Morgan fingerprint density at radius 1 is 1.04 bits per heavy atom. The summed E-state index contributed by atoms with van der Waals surface area (Å²) in [5.41, 5.74) is 0.937. The molecular weight excluding hydrogens is 343 g/mol. The summed E-state index contributed by atoms with van der Waals surface area (Å²) in [6.07, 6.45) is 0.729. The smallest absolute Gasteiger partial charge is 0.426 e. The second kappa shape index (κ2) is 9.53. The van der Waals surface area contributed by atoms with Crippen LogP contribution in [-0.2, 0) is 16.0 Å². The Balaban J connectivity index is 2.23. The number of fused-ring (bicyclic) bond motifs is 1. The fourth-order valence-corrected chi connectivity index (χ4v) is 3.19. The fraction of sp³-hybridized carbons (Fsp3) is 0.400. The molecule has 0 aliphatic carbocycles. The predicted molar refractivity (Wildman–Crippen MR) is 107 cm³/mol. The summed E-state index contributed by atoms with van der Waals surface area (Å²) >= 11 is 0. The minimum absolute atomic E-state index is 0.175. The SMILES string of the molecule is CC(=O)N[C@@H](Cc1cccc2ccccc12)C(=O)N[C@@H](CC(C)C)B(O)O. The minimum Gasteiger partial charge on any atom is -0.426 e. The standard InChI is InChI=1S/C20H27BN2O4/c1-13(2)11-19(21(26)27)23-20(25)18(22-14(3)24)12-16-9-6-8-15-7-4-5-10-17(15)16/h4-10,13,18-19,26-27H,11-12H2,1-3H3,(H,22,24)(H,23,25)/t18-,19-/m0/s1. The highest BCUT2D eigenvalue weighted by Crippen LogP contribution is 2.20. The topological polar surface area (TPSA) is 98.7 Å². The second-order valence-electron chi connectivity index (χ2n) is 7.25. The van der Waals surface area contributed by atoms with Gasteiger partial charge in [0.25, 0.3) is 0 Å². The van der Waals surface area contributed by atoms with Crippen LogP contribution in [-0.4, -0.2) is 41.0 Å². The van der Waals surface area contributed by atoms with E-state index in [0.29, 0.717) is 12.8 Å². The summed E-state index contributed by atoms with van der Waals surface area (Å²) in [6, 6.07) is 12.9. The first-order valence-electron chi connectivity index (χ1n) is 9.18. The fourth-order valence-electron chi connectivity index (χ4n) is 3.19. The lowest BCUT2D eigenvalue weighted by molar-refractivity contribution is -0.128. The van der Waals surface area contributed by atoms with Gasteiger partial charge >= 0.3 is 7.12 Å². The van der Waals surface area contributed by atoms with Gasteiger partial charge in [0, 0.05) is 13.3 Å². The van der Waals surface area contributed by atoms with E-state index in [0.717, 1.165) is 16.3 Å². The summed E-state index contributed by atoms with van der Waals surface area (Å²) in [6.45, 7) is 5.22. The Morgan fingerprint density at radius 3 is 2.33 bits per heavy atom. The Kier molecular flexibility index (Phi) is 7.39. The summed E-state index contributed by atoms with van der Waals surface area (Å²) in [7, 11) is -1.66. The molecule has 7 heteroatoms. The Bertz CT molecular complexity index is 789. The van der Waals surface area contributed by atoms with E-state index in [9.17, 15) is 19.6 Å². The van der Waals surface area contributed by atoms with Crippen LogP contribution >= 0.6 is 0 Å². The molecule has 144 valence electrons. The van der Waals surface area contributed by atoms with Gasteiger partial charge in [-0.1, -0.05) is 56.3 Å². The molecule has 2 aromatic rings. The van der Waals surface area contributed by atoms with Gasteiger partial charge in [-0.2, -0.15) is 0 Å². The predicted octanol–water partition coefficient (Wildman–Crippen LogP) is 1.43. The summed E-state index contributed by atoms with van der Waals surface area (Å²) in [5.74, 6) is -1.37. The lowest BCUT2D eigenvalue weighted by Gasteiger charge is -2.24.